The minimum absolute atomic E-state index is 0.161. The summed E-state index contributed by atoms with van der Waals surface area (Å²) in [5.41, 5.74) is 3.66. The van der Waals surface area contributed by atoms with Crippen molar-refractivity contribution in [3.63, 3.8) is 0 Å². The zero-order valence-electron chi connectivity index (χ0n) is 18.2. The molecule has 0 amide bonds. The van der Waals surface area contributed by atoms with Crippen LogP contribution in [0.15, 0.2) is 53.4 Å². The van der Waals surface area contributed by atoms with Gasteiger partial charge in [0, 0.05) is 29.3 Å². The van der Waals surface area contributed by atoms with Gasteiger partial charge in [-0.05, 0) is 88.0 Å². The van der Waals surface area contributed by atoms with Crippen LogP contribution in [0.5, 0.6) is 0 Å². The fourth-order valence-corrected chi connectivity index (χ4v) is 5.78. The van der Waals surface area contributed by atoms with Crippen LogP contribution < -0.4 is 0 Å². The number of benzene rings is 2. The van der Waals surface area contributed by atoms with Gasteiger partial charge in [0.25, 0.3) is 0 Å². The first-order chi connectivity index (χ1) is 14.7. The molecule has 1 saturated heterocycles. The van der Waals surface area contributed by atoms with Gasteiger partial charge in [0.15, 0.2) is 5.78 Å². The second-order valence-corrected chi connectivity index (χ2v) is 9.97. The summed E-state index contributed by atoms with van der Waals surface area (Å²) in [4.78, 5) is 18.3. The number of hydrogen-bond acceptors (Lipinski definition) is 4. The molecule has 0 spiro atoms. The van der Waals surface area contributed by atoms with Crippen molar-refractivity contribution in [1.82, 2.24) is 9.80 Å². The maximum Gasteiger partial charge on any atom is 0.159 e. The number of Topliss-reactive ketones (excluding diaryl/α,β-unsaturated/α-hetero) is 1. The molecule has 0 unspecified atom stereocenters. The molecule has 4 rings (SSSR count). The molecule has 0 radical (unpaired) electrons. The number of carbonyl (C=O) groups excluding carboxylic acids is 1. The van der Waals surface area contributed by atoms with Gasteiger partial charge < -0.3 is 4.90 Å². The molecule has 2 heterocycles. The van der Waals surface area contributed by atoms with E-state index in [1.54, 1.807) is 6.92 Å². The molecule has 2 aliphatic rings. The largest absolute Gasteiger partial charge is 0.303 e. The van der Waals surface area contributed by atoms with Crippen molar-refractivity contribution in [2.24, 2.45) is 5.92 Å². The van der Waals surface area contributed by atoms with E-state index in [1.807, 2.05) is 17.8 Å². The van der Waals surface area contributed by atoms with Crippen molar-refractivity contribution in [2.75, 3.05) is 38.5 Å². The van der Waals surface area contributed by atoms with Crippen molar-refractivity contribution >= 4 is 17.5 Å². The maximum atomic E-state index is 11.7. The van der Waals surface area contributed by atoms with Gasteiger partial charge in [-0.15, -0.1) is 11.8 Å². The van der Waals surface area contributed by atoms with Gasteiger partial charge in [-0.2, -0.15) is 0 Å². The molecule has 30 heavy (non-hydrogen) atoms. The predicted molar refractivity (Wildman–Crippen MR) is 126 cm³/mol. The van der Waals surface area contributed by atoms with Crippen LogP contribution in [0.2, 0.25) is 0 Å². The van der Waals surface area contributed by atoms with Gasteiger partial charge in [0.1, 0.15) is 0 Å². The second kappa shape index (κ2) is 10.6. The molecule has 0 aromatic heterocycles. The normalized spacial score (nSPS) is 18.7. The standard InChI is InChI=1S/C26H34N2OS/c1-21(29)24-8-9-26-25(19-24)20-28(16-17-30-26)13-5-12-27-14-10-23(11-15-27)18-22-6-3-2-4-7-22/h2-4,6-9,19,23H,5,10-18,20H2,1H3. The molecule has 0 aliphatic carbocycles. The molecule has 0 bridgehead atoms. The van der Waals surface area contributed by atoms with E-state index in [0.29, 0.717) is 0 Å². The highest BCUT2D eigenvalue weighted by molar-refractivity contribution is 7.99. The summed E-state index contributed by atoms with van der Waals surface area (Å²) in [6, 6.07) is 17.2. The number of likely N-dealkylation sites (tertiary alicyclic amines) is 1. The Morgan fingerprint density at radius 2 is 1.77 bits per heavy atom. The Balaban J connectivity index is 1.20. The molecule has 0 N–H and O–H groups in total. The fraction of sp³-hybridized carbons (Fsp3) is 0.500. The van der Waals surface area contributed by atoms with Crippen LogP contribution in [-0.2, 0) is 13.0 Å². The lowest BCUT2D eigenvalue weighted by Crippen LogP contribution is -2.36. The zero-order valence-corrected chi connectivity index (χ0v) is 19.0. The number of fused-ring (bicyclic) bond motifs is 1. The van der Waals surface area contributed by atoms with Gasteiger partial charge in [0.05, 0.1) is 0 Å². The van der Waals surface area contributed by atoms with Crippen molar-refractivity contribution in [3.05, 3.63) is 65.2 Å². The first-order valence-electron chi connectivity index (χ1n) is 11.4. The van der Waals surface area contributed by atoms with Gasteiger partial charge in [-0.3, -0.25) is 9.69 Å². The summed E-state index contributed by atoms with van der Waals surface area (Å²) in [6.45, 7) is 8.62. The number of piperidine rings is 1. The van der Waals surface area contributed by atoms with E-state index in [4.69, 9.17) is 0 Å². The first-order valence-corrected chi connectivity index (χ1v) is 12.4. The van der Waals surface area contributed by atoms with Crippen LogP contribution in [0, 0.1) is 5.92 Å². The van der Waals surface area contributed by atoms with E-state index < -0.39 is 0 Å². The van der Waals surface area contributed by atoms with Crippen LogP contribution >= 0.6 is 11.8 Å². The zero-order chi connectivity index (χ0) is 20.8. The Kier molecular flexibility index (Phi) is 7.64. The molecule has 3 nitrogen and oxygen atoms in total. The van der Waals surface area contributed by atoms with E-state index in [-0.39, 0.29) is 5.78 Å². The molecule has 1 fully saturated rings. The van der Waals surface area contributed by atoms with Crippen LogP contribution in [0.1, 0.15) is 47.7 Å². The summed E-state index contributed by atoms with van der Waals surface area (Å²) < 4.78 is 0. The Morgan fingerprint density at radius 1 is 1.00 bits per heavy atom. The van der Waals surface area contributed by atoms with Crippen LogP contribution in [0.3, 0.4) is 0 Å². The third-order valence-corrected chi connectivity index (χ3v) is 7.65. The SMILES string of the molecule is CC(=O)c1ccc2c(c1)CN(CCCN1CCC(Cc3ccccc3)CC1)CCS2. The first kappa shape index (κ1) is 21.6. The smallest absolute Gasteiger partial charge is 0.159 e. The average molecular weight is 423 g/mol. The molecule has 160 valence electrons. The number of rotatable bonds is 7. The van der Waals surface area contributed by atoms with Crippen LogP contribution in [0.4, 0.5) is 0 Å². The lowest BCUT2D eigenvalue weighted by Gasteiger charge is -2.32. The maximum absolute atomic E-state index is 11.7. The summed E-state index contributed by atoms with van der Waals surface area (Å²) in [6.07, 6.45) is 5.13. The van der Waals surface area contributed by atoms with E-state index >= 15 is 0 Å². The highest BCUT2D eigenvalue weighted by Gasteiger charge is 2.20. The number of nitrogens with zero attached hydrogens (tertiary/aromatic N) is 2. The van der Waals surface area contributed by atoms with Crippen molar-refractivity contribution in [1.29, 1.82) is 0 Å². The summed E-state index contributed by atoms with van der Waals surface area (Å²) in [7, 11) is 0. The summed E-state index contributed by atoms with van der Waals surface area (Å²) >= 11 is 1.93. The van der Waals surface area contributed by atoms with E-state index in [9.17, 15) is 4.79 Å². The number of thioether (sulfide) groups is 1. The summed E-state index contributed by atoms with van der Waals surface area (Å²) in [5, 5.41) is 0. The van der Waals surface area contributed by atoms with Gasteiger partial charge in [0.2, 0.25) is 0 Å². The highest BCUT2D eigenvalue weighted by atomic mass is 32.2. The molecule has 4 heteroatoms. The van der Waals surface area contributed by atoms with Crippen LogP contribution in [-0.4, -0.2) is 54.1 Å². The van der Waals surface area contributed by atoms with Crippen molar-refractivity contribution in [3.8, 4) is 0 Å². The predicted octanol–water partition coefficient (Wildman–Crippen LogP) is 5.14. The quantitative estimate of drug-likeness (QED) is 0.576. The molecule has 2 aromatic carbocycles. The topological polar surface area (TPSA) is 23.6 Å². The van der Waals surface area contributed by atoms with Gasteiger partial charge in [-0.25, -0.2) is 0 Å². The fourth-order valence-electron chi connectivity index (χ4n) is 4.74. The lowest BCUT2D eigenvalue weighted by atomic mass is 9.90. The number of ketones is 1. The molecule has 2 aromatic rings. The number of carbonyl (C=O) groups is 1. The average Bonchev–Trinajstić information content (AvgIpc) is 2.97. The van der Waals surface area contributed by atoms with Crippen LogP contribution in [0.25, 0.3) is 0 Å². The Morgan fingerprint density at radius 3 is 2.53 bits per heavy atom. The molecule has 0 saturated carbocycles. The van der Waals surface area contributed by atoms with Gasteiger partial charge >= 0.3 is 0 Å². The third kappa shape index (κ3) is 5.96. The van der Waals surface area contributed by atoms with Crippen molar-refractivity contribution < 1.29 is 4.79 Å². The highest BCUT2D eigenvalue weighted by Crippen LogP contribution is 2.28. The second-order valence-electron chi connectivity index (χ2n) is 8.83. The monoisotopic (exact) mass is 422 g/mol. The van der Waals surface area contributed by atoms with E-state index in [2.05, 4.69) is 52.3 Å². The summed E-state index contributed by atoms with van der Waals surface area (Å²) in [5.74, 6) is 2.14. The lowest BCUT2D eigenvalue weighted by molar-refractivity contribution is 0.101. The van der Waals surface area contributed by atoms with E-state index in [0.717, 1.165) is 36.9 Å². The number of hydrogen-bond donors (Lipinski definition) is 0. The Hall–Kier alpha value is -1.62. The molecular weight excluding hydrogens is 388 g/mol. The molecule has 2 aliphatic heterocycles. The van der Waals surface area contributed by atoms with Crippen molar-refractivity contribution in [2.45, 2.75) is 44.0 Å². The minimum atomic E-state index is 0.161. The Labute approximate surface area is 185 Å². The van der Waals surface area contributed by atoms with Gasteiger partial charge in [-0.1, -0.05) is 36.4 Å². The Bertz CT molecular complexity index is 830. The minimum Gasteiger partial charge on any atom is -0.303 e. The molecular formula is C26H34N2OS. The molecule has 0 atom stereocenters. The third-order valence-electron chi connectivity index (χ3n) is 6.55. The van der Waals surface area contributed by atoms with E-state index in [1.165, 1.54) is 61.3 Å².